The normalized spacial score (nSPS) is 7.67. The van der Waals surface area contributed by atoms with Crippen molar-refractivity contribution in [3.63, 3.8) is 0 Å². The zero-order valence-corrected chi connectivity index (χ0v) is 3.27. The Morgan fingerprint density at radius 3 is 2.33 bits per heavy atom. The molecule has 0 aromatic carbocycles. The van der Waals surface area contributed by atoms with E-state index in [0.717, 1.165) is 0 Å². The van der Waals surface area contributed by atoms with Gasteiger partial charge in [0.25, 0.3) is 0 Å². The van der Waals surface area contributed by atoms with Crippen LogP contribution in [-0.2, 0) is 4.79 Å². The molecule has 2 heteroatoms. The predicted octanol–water partition coefficient (Wildman–Crippen LogP) is -0.128. The van der Waals surface area contributed by atoms with Gasteiger partial charge < -0.3 is 5.32 Å². The van der Waals surface area contributed by atoms with Crippen LogP contribution in [0.15, 0.2) is 0 Å². The zero-order chi connectivity index (χ0) is 4.99. The molecule has 1 N–H and O–H groups in total. The molecule has 0 spiro atoms. The number of hydrogen-bond acceptors (Lipinski definition) is 1. The summed E-state index contributed by atoms with van der Waals surface area (Å²) in [5, 5.41) is 1.85. The van der Waals surface area contributed by atoms with E-state index in [1.807, 2.05) is 5.32 Å². The third-order valence-electron chi connectivity index (χ3n) is 0.346. The molecule has 0 aromatic heterocycles. The number of nitrogens with one attached hydrogen (secondary N) is 1. The maximum atomic E-state index is 9.82. The summed E-state index contributed by atoms with van der Waals surface area (Å²) in [4.78, 5) is 9.82. The molecule has 0 aliphatic carbocycles. The highest BCUT2D eigenvalue weighted by Crippen LogP contribution is 1.68. The van der Waals surface area contributed by atoms with Crippen LogP contribution in [0, 0.1) is 14.0 Å². The number of carbonyl (C=O) groups is 1. The van der Waals surface area contributed by atoms with Gasteiger partial charge in [-0.05, 0) is 6.92 Å². The van der Waals surface area contributed by atoms with Gasteiger partial charge in [-0.25, -0.2) is 0 Å². The van der Waals surface area contributed by atoms with Crippen molar-refractivity contribution in [3.8, 4) is 0 Å². The molecular weight excluding hydrogens is 78.0 g/mol. The fourth-order valence-corrected chi connectivity index (χ4v) is 0.0589. The Bertz CT molecular complexity index is 45.5. The third-order valence-corrected chi connectivity index (χ3v) is 0.346. The highest BCUT2D eigenvalue weighted by molar-refractivity contribution is 5.76. The predicted molar refractivity (Wildman–Crippen MR) is 21.4 cm³/mol. The molecule has 0 saturated heterocycles. The fraction of sp³-hybridized carbons (Fsp3) is 0.250. The van der Waals surface area contributed by atoms with Gasteiger partial charge >= 0.3 is 0 Å². The van der Waals surface area contributed by atoms with Crippen LogP contribution >= 0.6 is 0 Å². The SMILES string of the molecule is [CH]CC(=O)N[CH]. The van der Waals surface area contributed by atoms with E-state index in [2.05, 4.69) is 7.05 Å². The van der Waals surface area contributed by atoms with E-state index in [-0.39, 0.29) is 12.3 Å². The van der Waals surface area contributed by atoms with Gasteiger partial charge in [0.2, 0.25) is 5.91 Å². The molecule has 0 bridgehead atoms. The van der Waals surface area contributed by atoms with E-state index in [0.29, 0.717) is 0 Å². The smallest absolute Gasteiger partial charge is 0.220 e. The second-order valence-electron chi connectivity index (χ2n) is 0.772. The summed E-state index contributed by atoms with van der Waals surface area (Å²) in [6.07, 6.45) is -0.0451. The topological polar surface area (TPSA) is 29.1 Å². The zero-order valence-electron chi connectivity index (χ0n) is 3.27. The molecule has 0 unspecified atom stereocenters. The molecule has 32 valence electrons. The van der Waals surface area contributed by atoms with Crippen LogP contribution in [0.2, 0.25) is 0 Å². The van der Waals surface area contributed by atoms with Crippen LogP contribution in [0.1, 0.15) is 6.42 Å². The Labute approximate surface area is 37.5 Å². The van der Waals surface area contributed by atoms with Crippen LogP contribution in [-0.4, -0.2) is 5.91 Å². The van der Waals surface area contributed by atoms with Crippen molar-refractivity contribution in [1.82, 2.24) is 5.32 Å². The van der Waals surface area contributed by atoms with E-state index in [1.165, 1.54) is 0 Å². The number of rotatable bonds is 1. The fourth-order valence-electron chi connectivity index (χ4n) is 0.0589. The maximum absolute atomic E-state index is 9.82. The first-order chi connectivity index (χ1) is 2.81. The van der Waals surface area contributed by atoms with Crippen LogP contribution in [0.4, 0.5) is 0 Å². The van der Waals surface area contributed by atoms with E-state index < -0.39 is 0 Å². The van der Waals surface area contributed by atoms with Crippen molar-refractivity contribution in [2.24, 2.45) is 0 Å². The first kappa shape index (κ1) is 5.47. The van der Waals surface area contributed by atoms with Crippen LogP contribution in [0.3, 0.4) is 0 Å². The average molecular weight is 83.1 g/mol. The lowest BCUT2D eigenvalue weighted by Gasteiger charge is -1.85. The minimum Gasteiger partial charge on any atom is -0.349 e. The van der Waals surface area contributed by atoms with E-state index in [9.17, 15) is 4.79 Å². The van der Waals surface area contributed by atoms with Gasteiger partial charge in [0, 0.05) is 6.42 Å². The Balaban J connectivity index is 2.99. The molecule has 0 aliphatic heterocycles. The molecule has 2 nitrogen and oxygen atoms in total. The summed E-state index contributed by atoms with van der Waals surface area (Å²) >= 11 is 0. The minimum atomic E-state index is -0.352. The number of carbonyl (C=O) groups excluding carboxylic acids is 1. The molecule has 0 atom stereocenters. The highest BCUT2D eigenvalue weighted by Gasteiger charge is 1.85. The molecule has 6 heavy (non-hydrogen) atoms. The number of amides is 1. The van der Waals surface area contributed by atoms with E-state index >= 15 is 0 Å². The number of hydrogen-bond donors (Lipinski definition) is 1. The first-order valence-electron chi connectivity index (χ1n) is 1.50. The monoisotopic (exact) mass is 83.0 g/mol. The molecule has 0 fully saturated rings. The molecule has 4 radical (unpaired) electrons. The van der Waals surface area contributed by atoms with E-state index in [4.69, 9.17) is 6.92 Å². The largest absolute Gasteiger partial charge is 0.349 e. The van der Waals surface area contributed by atoms with Crippen molar-refractivity contribution >= 4 is 5.91 Å². The Morgan fingerprint density at radius 1 is 1.83 bits per heavy atom. The molecule has 1 amide bonds. The third kappa shape index (κ3) is 1.76. The van der Waals surface area contributed by atoms with Crippen molar-refractivity contribution in [3.05, 3.63) is 14.0 Å². The molecule has 0 aromatic rings. The molecule has 0 aliphatic rings. The average Bonchev–Trinajstić information content (AvgIpc) is 1.65. The first-order valence-corrected chi connectivity index (χ1v) is 1.50. The van der Waals surface area contributed by atoms with Crippen LogP contribution in [0.5, 0.6) is 0 Å². The second-order valence-corrected chi connectivity index (χ2v) is 0.772. The Morgan fingerprint density at radius 2 is 2.33 bits per heavy atom. The summed E-state index contributed by atoms with van der Waals surface area (Å²) < 4.78 is 0. The summed E-state index contributed by atoms with van der Waals surface area (Å²) in [6.45, 7) is 4.79. The van der Waals surface area contributed by atoms with Crippen molar-refractivity contribution in [2.45, 2.75) is 6.42 Å². The summed E-state index contributed by atoms with van der Waals surface area (Å²) in [6, 6.07) is 0. The lowest BCUT2D eigenvalue weighted by molar-refractivity contribution is -0.119. The lowest BCUT2D eigenvalue weighted by atomic mass is 10.5. The van der Waals surface area contributed by atoms with Crippen molar-refractivity contribution in [1.29, 1.82) is 0 Å². The van der Waals surface area contributed by atoms with Crippen molar-refractivity contribution in [2.75, 3.05) is 0 Å². The minimum absolute atomic E-state index is 0.0451. The van der Waals surface area contributed by atoms with Crippen LogP contribution in [0.25, 0.3) is 0 Å². The molecular formula is C4H5NO. The van der Waals surface area contributed by atoms with Gasteiger partial charge in [0.05, 0.1) is 7.05 Å². The van der Waals surface area contributed by atoms with Gasteiger partial charge in [-0.3, -0.25) is 4.79 Å². The van der Waals surface area contributed by atoms with Gasteiger partial charge in [0.1, 0.15) is 0 Å². The summed E-state index contributed by atoms with van der Waals surface area (Å²) in [5.41, 5.74) is 0. The van der Waals surface area contributed by atoms with Gasteiger partial charge in [-0.2, -0.15) is 0 Å². The Kier molecular flexibility index (Phi) is 2.46. The second kappa shape index (κ2) is 2.69. The maximum Gasteiger partial charge on any atom is 0.220 e. The van der Waals surface area contributed by atoms with Gasteiger partial charge in [-0.1, -0.05) is 0 Å². The molecule has 0 rings (SSSR count). The van der Waals surface area contributed by atoms with E-state index in [1.54, 1.807) is 0 Å². The quantitative estimate of drug-likeness (QED) is 0.440. The molecule has 0 heterocycles. The highest BCUT2D eigenvalue weighted by atomic mass is 16.1. The summed E-state index contributed by atoms with van der Waals surface area (Å²) in [5.74, 6) is -0.352. The van der Waals surface area contributed by atoms with Crippen LogP contribution < -0.4 is 5.32 Å². The Hall–Kier alpha value is -0.530. The standard InChI is InChI=1S/C4H5NO/c1-3-4(6)5-2/h1-2H,3H2,(H,5,6). The van der Waals surface area contributed by atoms with Gasteiger partial charge in [-0.15, -0.1) is 0 Å². The molecule has 0 saturated carbocycles. The summed E-state index contributed by atoms with van der Waals surface area (Å²) in [7, 11) is 4.60. The van der Waals surface area contributed by atoms with Gasteiger partial charge in [0.15, 0.2) is 0 Å². The van der Waals surface area contributed by atoms with Crippen molar-refractivity contribution < 1.29 is 4.79 Å². The lowest BCUT2D eigenvalue weighted by Crippen LogP contribution is -2.12.